The summed E-state index contributed by atoms with van der Waals surface area (Å²) in [6.07, 6.45) is 5.85. The third kappa shape index (κ3) is 15.0. The molecule has 14 nitrogen and oxygen atoms in total. The van der Waals surface area contributed by atoms with Crippen LogP contribution < -0.4 is 21.1 Å². The van der Waals surface area contributed by atoms with Crippen molar-refractivity contribution in [3.8, 4) is 22.9 Å². The smallest absolute Gasteiger partial charge is 0.261 e. The van der Waals surface area contributed by atoms with E-state index in [9.17, 15) is 35.2 Å². The zero-order chi connectivity index (χ0) is 53.3. The van der Waals surface area contributed by atoms with E-state index >= 15 is 0 Å². The van der Waals surface area contributed by atoms with E-state index in [1.165, 1.54) is 48.5 Å². The molecule has 2 amide bonds. The van der Waals surface area contributed by atoms with Gasteiger partial charge in [0.2, 0.25) is 33.6 Å². The van der Waals surface area contributed by atoms with Crippen molar-refractivity contribution in [2.45, 2.75) is 107 Å². The Hall–Kier alpha value is -6.83. The highest BCUT2D eigenvalue weighted by Gasteiger charge is 2.31. The summed E-state index contributed by atoms with van der Waals surface area (Å²) in [5.74, 6) is 0.201. The van der Waals surface area contributed by atoms with Crippen LogP contribution in [0.15, 0.2) is 164 Å². The molecule has 0 bridgehead atoms. The summed E-state index contributed by atoms with van der Waals surface area (Å²) < 4.78 is 88.8. The lowest BCUT2D eigenvalue weighted by molar-refractivity contribution is -0.127. The molecule has 76 heavy (non-hydrogen) atoms. The minimum Gasteiger partial charge on any atom is -0.436 e. The molecule has 5 N–H and O–H groups in total. The fraction of sp³-hybridized carbons (Fsp3) is 0.298. The van der Waals surface area contributed by atoms with Gasteiger partial charge >= 0.3 is 0 Å². The number of halogens is 3. The van der Waals surface area contributed by atoms with Crippen molar-refractivity contribution in [1.82, 2.24) is 25.3 Å². The highest BCUT2D eigenvalue weighted by atomic mass is 35.7. The molecule has 2 aliphatic rings. The molecular weight excluding hydrogens is 1030 g/mol. The normalized spacial score (nSPS) is 18.4. The summed E-state index contributed by atoms with van der Waals surface area (Å²) in [7, 11) is -2.24. The number of carbonyl (C=O) groups excluding carboxylic acids is 2. The van der Waals surface area contributed by atoms with Crippen molar-refractivity contribution in [3.63, 3.8) is 0 Å². The van der Waals surface area contributed by atoms with E-state index in [0.29, 0.717) is 59.7 Å². The third-order valence-corrected chi connectivity index (χ3v) is 16.2. The Labute approximate surface area is 446 Å². The van der Waals surface area contributed by atoms with Crippen LogP contribution in [0.5, 0.6) is 0 Å². The number of benzene rings is 6. The molecule has 0 saturated heterocycles. The fourth-order valence-corrected chi connectivity index (χ4v) is 11.1. The molecule has 0 unspecified atom stereocenters. The molecule has 10 rings (SSSR count). The number of amides is 2. The lowest BCUT2D eigenvalue weighted by atomic mass is 9.85. The largest absolute Gasteiger partial charge is 0.436 e. The van der Waals surface area contributed by atoms with Crippen molar-refractivity contribution in [3.05, 3.63) is 168 Å². The maximum absolute atomic E-state index is 13.2. The van der Waals surface area contributed by atoms with E-state index in [1.807, 2.05) is 74.5 Å². The lowest BCUT2D eigenvalue weighted by Crippen LogP contribution is -2.41. The summed E-state index contributed by atoms with van der Waals surface area (Å²) >= 11 is 0. The maximum atomic E-state index is 13.2. The fourth-order valence-electron chi connectivity index (χ4n) is 9.01. The minimum absolute atomic E-state index is 0. The van der Waals surface area contributed by atoms with Gasteiger partial charge in [0.05, 0.1) is 21.9 Å². The summed E-state index contributed by atoms with van der Waals surface area (Å²) in [6.45, 7) is 3.78. The Bertz CT molecular complexity index is 3440. The molecule has 2 heterocycles. The van der Waals surface area contributed by atoms with Gasteiger partial charge in [-0.1, -0.05) is 68.1 Å². The first-order chi connectivity index (χ1) is 35.9. The van der Waals surface area contributed by atoms with E-state index < -0.39 is 19.1 Å². The van der Waals surface area contributed by atoms with Gasteiger partial charge in [0.25, 0.3) is 9.05 Å². The van der Waals surface area contributed by atoms with Gasteiger partial charge in [-0.3, -0.25) is 9.59 Å². The van der Waals surface area contributed by atoms with Crippen molar-refractivity contribution in [1.29, 1.82) is 0 Å². The van der Waals surface area contributed by atoms with E-state index in [4.69, 9.17) is 25.3 Å². The zero-order valence-electron chi connectivity index (χ0n) is 41.2. The number of hydrogen-bond acceptors (Lipinski definition) is 11. The number of nitrogens with zero attached hydrogens (tertiary/aromatic N) is 2. The summed E-state index contributed by atoms with van der Waals surface area (Å²) in [5.41, 5.74) is 11.2. The summed E-state index contributed by atoms with van der Waals surface area (Å²) in [5, 5.41) is 5.99. The van der Waals surface area contributed by atoms with Gasteiger partial charge < -0.3 is 25.2 Å². The van der Waals surface area contributed by atoms with E-state index in [1.54, 1.807) is 36.4 Å². The second-order valence-electron chi connectivity index (χ2n) is 18.8. The quantitative estimate of drug-likeness (QED) is 0.0844. The van der Waals surface area contributed by atoms with Crippen molar-refractivity contribution in [2.24, 2.45) is 17.6 Å². The van der Waals surface area contributed by atoms with Crippen LogP contribution in [-0.2, 0) is 28.7 Å². The second-order valence-corrected chi connectivity index (χ2v) is 23.1. The highest BCUT2D eigenvalue weighted by Crippen LogP contribution is 2.31. The summed E-state index contributed by atoms with van der Waals surface area (Å²) in [4.78, 5) is 33.7. The molecule has 0 spiro atoms. The first kappa shape index (κ1) is 56.9. The Morgan fingerprint density at radius 3 is 1.39 bits per heavy atom. The molecule has 0 radical (unpaired) electrons. The van der Waals surface area contributed by atoms with Crippen LogP contribution in [0.4, 0.5) is 8.78 Å². The predicted octanol–water partition coefficient (Wildman–Crippen LogP) is 11.9. The maximum Gasteiger partial charge on any atom is 0.261 e. The average Bonchev–Trinajstić information content (AvgIpc) is 4.05. The second kappa shape index (κ2) is 25.3. The van der Waals surface area contributed by atoms with E-state index in [2.05, 4.69) is 25.3 Å². The van der Waals surface area contributed by atoms with Gasteiger partial charge in [-0.15, -0.1) is 0 Å². The number of oxazole rings is 2. The topological polar surface area (TPSA) is 217 Å². The highest BCUT2D eigenvalue weighted by molar-refractivity contribution is 8.13. The van der Waals surface area contributed by atoms with Crippen molar-refractivity contribution < 1.29 is 44.0 Å². The van der Waals surface area contributed by atoms with Gasteiger partial charge in [0.15, 0.2) is 11.2 Å². The molecule has 2 aromatic heterocycles. The lowest BCUT2D eigenvalue weighted by Gasteiger charge is -2.29. The molecule has 2 saturated carbocycles. The number of nitrogens with two attached hydrogens (primary N) is 1. The van der Waals surface area contributed by atoms with Gasteiger partial charge in [0.1, 0.15) is 22.7 Å². The van der Waals surface area contributed by atoms with E-state index in [-0.39, 0.29) is 76.7 Å². The molecular formula is C57H61ClF2N6O8S2. The SMILES string of the molecule is C.C[C@@H](NC(=O)C1CCC(N)CC1)c1ccc(F)cc1.C[C@@H](NC(=O)C1CCC(NS(=O)(=O)c2ccc3nc(-c4ccccc4)oc3c2)CC1)c1ccc(F)cc1.O=S(=O)(Cl)c1ccc2nc(-c3ccccc3)oc2c1. The van der Waals surface area contributed by atoms with Crippen LogP contribution in [0.25, 0.3) is 45.1 Å². The monoisotopic (exact) mass is 1090 g/mol. The first-order valence-corrected chi connectivity index (χ1v) is 28.4. The van der Waals surface area contributed by atoms with Gasteiger partial charge in [-0.2, -0.15) is 0 Å². The molecule has 2 fully saturated rings. The van der Waals surface area contributed by atoms with Crippen LogP contribution in [0.1, 0.15) is 95.9 Å². The van der Waals surface area contributed by atoms with Gasteiger partial charge in [0, 0.05) is 57.9 Å². The number of hydrogen-bond donors (Lipinski definition) is 4. The van der Waals surface area contributed by atoms with Crippen LogP contribution in [0.2, 0.25) is 0 Å². The molecule has 8 aromatic rings. The third-order valence-electron chi connectivity index (χ3n) is 13.4. The summed E-state index contributed by atoms with van der Waals surface area (Å²) in [6, 6.07) is 39.8. The standard InChI is InChI=1S/C28H28FN3O4S.C15H21FN2O.C13H8ClNO3S.CH4/c1-18(19-7-11-22(29)12-8-19)30-27(33)20-9-13-23(14-10-20)32-37(34,35)24-15-16-25-26(17-24)36-28(31-25)21-5-3-2-4-6-21;1-10(11-2-6-13(16)7-3-11)18-15(19)12-4-8-14(17)9-5-12;14-19(16,17)10-6-7-11-12(8-10)18-13(15-11)9-4-2-1-3-5-9;/h2-8,11-12,15-18,20,23,32H,9-10,13-14H2,1H3,(H,30,33);2-3,6-7,10,12,14H,4-5,8-9,17H2,1H3,(H,18,19);1-8H;1H4/t18-,20?,23?;10-,12?,14?;;/m11../s1. The first-order valence-electron chi connectivity index (χ1n) is 24.6. The number of aromatic nitrogens is 2. The molecule has 19 heteroatoms. The molecule has 400 valence electrons. The van der Waals surface area contributed by atoms with Gasteiger partial charge in [-0.05, 0) is 149 Å². The van der Waals surface area contributed by atoms with Crippen molar-refractivity contribution in [2.75, 3.05) is 0 Å². The Kier molecular flexibility index (Phi) is 19.0. The van der Waals surface area contributed by atoms with Gasteiger partial charge in [-0.25, -0.2) is 40.3 Å². The number of nitrogens with one attached hydrogen (secondary N) is 3. The van der Waals surface area contributed by atoms with Crippen LogP contribution in [0.3, 0.4) is 0 Å². The number of carbonyl (C=O) groups is 2. The Morgan fingerprint density at radius 1 is 0.579 bits per heavy atom. The average molecular weight is 1100 g/mol. The Balaban J connectivity index is 0.000000181. The molecule has 2 atom stereocenters. The number of rotatable bonds is 12. The number of sulfonamides is 1. The van der Waals surface area contributed by atoms with Crippen LogP contribution in [-0.4, -0.2) is 50.7 Å². The molecule has 0 aliphatic heterocycles. The molecule has 2 aliphatic carbocycles. The van der Waals surface area contributed by atoms with Crippen LogP contribution in [0, 0.1) is 23.5 Å². The molecule has 6 aromatic carbocycles. The van der Waals surface area contributed by atoms with Crippen molar-refractivity contribution >= 4 is 63.8 Å². The van der Waals surface area contributed by atoms with E-state index in [0.717, 1.165) is 47.9 Å². The van der Waals surface area contributed by atoms with Crippen LogP contribution >= 0.6 is 10.7 Å². The Morgan fingerprint density at radius 2 is 0.974 bits per heavy atom. The number of fused-ring (bicyclic) bond motifs is 2. The minimum atomic E-state index is -3.77. The predicted molar refractivity (Wildman–Crippen MR) is 291 cm³/mol. The zero-order valence-corrected chi connectivity index (χ0v) is 43.6.